The highest BCUT2D eigenvalue weighted by Crippen LogP contribution is 2.13. The van der Waals surface area contributed by atoms with E-state index in [0.29, 0.717) is 6.42 Å². The summed E-state index contributed by atoms with van der Waals surface area (Å²) in [6.45, 7) is 0. The number of thioether (sulfide) groups is 1. The minimum atomic E-state index is -2.90. The van der Waals surface area contributed by atoms with Crippen LogP contribution >= 0.6 is 11.8 Å². The molecule has 0 bridgehead atoms. The Morgan fingerprint density at radius 1 is 1.47 bits per heavy atom. The first-order chi connectivity index (χ1) is 7.07. The first-order valence-electron chi connectivity index (χ1n) is 4.89. The zero-order valence-electron chi connectivity index (χ0n) is 8.23. The molecule has 5 nitrogen and oxygen atoms in total. The van der Waals surface area contributed by atoms with Gasteiger partial charge >= 0.3 is 0 Å². The summed E-state index contributed by atoms with van der Waals surface area (Å²) in [5, 5.41) is 5.83. The minimum Gasteiger partial charge on any atom is -0.351 e. The fraction of sp³-hybridized carbons (Fsp3) is 0.875. The Kier molecular flexibility index (Phi) is 3.22. The van der Waals surface area contributed by atoms with E-state index in [2.05, 4.69) is 10.6 Å². The van der Waals surface area contributed by atoms with Crippen LogP contribution in [0.25, 0.3) is 0 Å². The van der Waals surface area contributed by atoms with Crippen LogP contribution in [0.5, 0.6) is 0 Å². The average molecular weight is 250 g/mol. The standard InChI is InChI=1S/C8H14N2O3S2/c11-8(7-3-14-5-9-7)10-6-1-2-15(12,13)4-6/h6-7,9H,1-5H2,(H,10,11). The molecule has 7 heteroatoms. The predicted molar refractivity (Wildman–Crippen MR) is 59.5 cm³/mol. The molecule has 0 aliphatic carbocycles. The smallest absolute Gasteiger partial charge is 0.238 e. The summed E-state index contributed by atoms with van der Waals surface area (Å²) >= 11 is 1.68. The molecule has 2 heterocycles. The Hall–Kier alpha value is -0.270. The molecule has 0 saturated carbocycles. The first-order valence-corrected chi connectivity index (χ1v) is 7.86. The highest BCUT2D eigenvalue weighted by molar-refractivity contribution is 7.99. The van der Waals surface area contributed by atoms with Crippen LogP contribution in [0.15, 0.2) is 0 Å². The van der Waals surface area contributed by atoms with Crippen LogP contribution in [-0.4, -0.2) is 49.5 Å². The molecule has 0 spiro atoms. The van der Waals surface area contributed by atoms with Gasteiger partial charge in [0.25, 0.3) is 0 Å². The molecular weight excluding hydrogens is 236 g/mol. The van der Waals surface area contributed by atoms with Crippen LogP contribution in [0.3, 0.4) is 0 Å². The lowest BCUT2D eigenvalue weighted by Crippen LogP contribution is -2.46. The van der Waals surface area contributed by atoms with Crippen molar-refractivity contribution in [1.82, 2.24) is 10.6 Å². The van der Waals surface area contributed by atoms with Crippen LogP contribution in [0, 0.1) is 0 Å². The summed E-state index contributed by atoms with van der Waals surface area (Å²) in [5.74, 6) is 1.79. The Labute approximate surface area is 93.3 Å². The van der Waals surface area contributed by atoms with E-state index in [9.17, 15) is 13.2 Å². The molecule has 0 aromatic rings. The van der Waals surface area contributed by atoms with Crippen molar-refractivity contribution in [3.05, 3.63) is 0 Å². The third-order valence-electron chi connectivity index (χ3n) is 2.61. The van der Waals surface area contributed by atoms with Gasteiger partial charge in [0.1, 0.15) is 0 Å². The van der Waals surface area contributed by atoms with E-state index in [4.69, 9.17) is 0 Å². The normalized spacial score (nSPS) is 34.1. The molecule has 2 atom stereocenters. The Balaban J connectivity index is 1.85. The van der Waals surface area contributed by atoms with Gasteiger partial charge in [0.05, 0.1) is 17.5 Å². The van der Waals surface area contributed by atoms with Crippen molar-refractivity contribution in [3.8, 4) is 0 Å². The van der Waals surface area contributed by atoms with Gasteiger partial charge in [-0.05, 0) is 6.42 Å². The zero-order valence-corrected chi connectivity index (χ0v) is 9.86. The number of amides is 1. The molecule has 0 aromatic heterocycles. The summed E-state index contributed by atoms with van der Waals surface area (Å²) in [6, 6.07) is -0.340. The Morgan fingerprint density at radius 2 is 2.27 bits per heavy atom. The predicted octanol–water partition coefficient (Wildman–Crippen LogP) is -1.05. The van der Waals surface area contributed by atoms with E-state index in [1.54, 1.807) is 11.8 Å². The van der Waals surface area contributed by atoms with Crippen LogP contribution in [0.2, 0.25) is 0 Å². The summed E-state index contributed by atoms with van der Waals surface area (Å²) in [7, 11) is -2.90. The van der Waals surface area contributed by atoms with Crippen LogP contribution in [0.1, 0.15) is 6.42 Å². The summed E-state index contributed by atoms with van der Waals surface area (Å²) in [6.07, 6.45) is 0.550. The monoisotopic (exact) mass is 250 g/mol. The number of nitrogens with one attached hydrogen (secondary N) is 2. The molecular formula is C8H14N2O3S2. The molecule has 2 N–H and O–H groups in total. The second-order valence-electron chi connectivity index (χ2n) is 3.88. The molecule has 15 heavy (non-hydrogen) atoms. The van der Waals surface area contributed by atoms with Crippen LogP contribution < -0.4 is 10.6 Å². The number of sulfone groups is 1. The van der Waals surface area contributed by atoms with Crippen molar-refractivity contribution >= 4 is 27.5 Å². The van der Waals surface area contributed by atoms with Gasteiger partial charge in [-0.25, -0.2) is 8.42 Å². The second-order valence-corrected chi connectivity index (χ2v) is 7.14. The van der Waals surface area contributed by atoms with Gasteiger partial charge in [-0.15, -0.1) is 11.8 Å². The van der Waals surface area contributed by atoms with Crippen molar-refractivity contribution in [3.63, 3.8) is 0 Å². The number of carbonyl (C=O) groups excluding carboxylic acids is 1. The highest BCUT2D eigenvalue weighted by atomic mass is 32.2. The van der Waals surface area contributed by atoms with Crippen molar-refractivity contribution in [2.45, 2.75) is 18.5 Å². The highest BCUT2D eigenvalue weighted by Gasteiger charge is 2.31. The molecule has 2 fully saturated rings. The molecule has 0 aromatic carbocycles. The average Bonchev–Trinajstić information content (AvgIpc) is 2.74. The molecule has 2 aliphatic heterocycles. The van der Waals surface area contributed by atoms with Gasteiger partial charge in [0.2, 0.25) is 5.91 Å². The lowest BCUT2D eigenvalue weighted by Gasteiger charge is -2.14. The van der Waals surface area contributed by atoms with E-state index in [0.717, 1.165) is 11.6 Å². The van der Waals surface area contributed by atoms with Crippen molar-refractivity contribution in [1.29, 1.82) is 0 Å². The van der Waals surface area contributed by atoms with Gasteiger partial charge in [0.15, 0.2) is 9.84 Å². The molecule has 2 rings (SSSR count). The zero-order chi connectivity index (χ0) is 10.9. The maximum Gasteiger partial charge on any atom is 0.238 e. The number of hydrogen-bond acceptors (Lipinski definition) is 5. The van der Waals surface area contributed by atoms with E-state index in [1.165, 1.54) is 0 Å². The quantitative estimate of drug-likeness (QED) is 0.654. The van der Waals surface area contributed by atoms with Crippen LogP contribution in [0.4, 0.5) is 0 Å². The minimum absolute atomic E-state index is 0.0675. The maximum absolute atomic E-state index is 11.6. The third-order valence-corrected chi connectivity index (χ3v) is 5.32. The van der Waals surface area contributed by atoms with Gasteiger partial charge in [-0.1, -0.05) is 0 Å². The van der Waals surface area contributed by atoms with Gasteiger partial charge in [-0.2, -0.15) is 0 Å². The van der Waals surface area contributed by atoms with E-state index in [-0.39, 0.29) is 29.5 Å². The fourth-order valence-corrected chi connectivity index (χ4v) is 4.39. The molecule has 1 amide bonds. The SMILES string of the molecule is O=C(NC1CCS(=O)(=O)C1)C1CSCN1. The lowest BCUT2D eigenvalue weighted by atomic mass is 10.2. The topological polar surface area (TPSA) is 75.3 Å². The van der Waals surface area contributed by atoms with Crippen molar-refractivity contribution in [2.75, 3.05) is 23.1 Å². The third kappa shape index (κ3) is 2.85. The maximum atomic E-state index is 11.6. The van der Waals surface area contributed by atoms with Gasteiger partial charge < -0.3 is 5.32 Å². The van der Waals surface area contributed by atoms with E-state index >= 15 is 0 Å². The molecule has 2 aliphatic rings. The molecule has 86 valence electrons. The van der Waals surface area contributed by atoms with Gasteiger partial charge in [0, 0.05) is 17.7 Å². The van der Waals surface area contributed by atoms with Crippen molar-refractivity contribution in [2.24, 2.45) is 0 Å². The number of carbonyl (C=O) groups is 1. The largest absolute Gasteiger partial charge is 0.351 e. The Bertz CT molecular complexity index is 349. The molecule has 2 saturated heterocycles. The lowest BCUT2D eigenvalue weighted by molar-refractivity contribution is -0.122. The second kappa shape index (κ2) is 4.31. The van der Waals surface area contributed by atoms with E-state index in [1.807, 2.05) is 0 Å². The Morgan fingerprint density at radius 3 is 2.80 bits per heavy atom. The first kappa shape index (κ1) is 11.2. The fourth-order valence-electron chi connectivity index (χ4n) is 1.77. The van der Waals surface area contributed by atoms with E-state index < -0.39 is 9.84 Å². The van der Waals surface area contributed by atoms with Crippen molar-refractivity contribution < 1.29 is 13.2 Å². The molecule has 2 unspecified atom stereocenters. The summed E-state index contributed by atoms with van der Waals surface area (Å²) in [4.78, 5) is 11.6. The van der Waals surface area contributed by atoms with Gasteiger partial charge in [-0.3, -0.25) is 10.1 Å². The summed E-state index contributed by atoms with van der Waals surface area (Å²) < 4.78 is 22.3. The molecule has 0 radical (unpaired) electrons. The number of rotatable bonds is 2. The number of hydrogen-bond donors (Lipinski definition) is 2. The van der Waals surface area contributed by atoms with Crippen LogP contribution in [-0.2, 0) is 14.6 Å². The summed E-state index contributed by atoms with van der Waals surface area (Å²) in [5.41, 5.74) is 0.